The zero-order valence-corrected chi connectivity index (χ0v) is 13.7. The summed E-state index contributed by atoms with van der Waals surface area (Å²) in [5.74, 6) is 2.47. The minimum absolute atomic E-state index is 0.673. The fourth-order valence-corrected chi connectivity index (χ4v) is 4.64. The van der Waals surface area contributed by atoms with Gasteiger partial charge in [0.15, 0.2) is 0 Å². The van der Waals surface area contributed by atoms with Crippen molar-refractivity contribution in [1.29, 1.82) is 0 Å². The van der Waals surface area contributed by atoms with Gasteiger partial charge in [-0.2, -0.15) is 0 Å². The van der Waals surface area contributed by atoms with E-state index in [4.69, 9.17) is 0 Å². The minimum atomic E-state index is 0.673. The Labute approximate surface area is 119 Å². The highest BCUT2D eigenvalue weighted by atomic mass is 15.3. The van der Waals surface area contributed by atoms with E-state index in [0.717, 1.165) is 29.8 Å². The summed E-state index contributed by atoms with van der Waals surface area (Å²) in [5, 5.41) is 3.60. The number of nitrogens with zero attached hydrogens (tertiary/aromatic N) is 2. The first kappa shape index (κ1) is 15.3. The molecule has 2 aliphatic rings. The molecule has 2 rings (SSSR count). The highest BCUT2D eigenvalue weighted by Crippen LogP contribution is 2.35. The van der Waals surface area contributed by atoms with Crippen molar-refractivity contribution in [2.75, 3.05) is 34.2 Å². The largest absolute Gasteiger partial charge is 0.315 e. The van der Waals surface area contributed by atoms with E-state index < -0.39 is 0 Å². The van der Waals surface area contributed by atoms with Crippen LogP contribution in [-0.4, -0.2) is 62.2 Å². The summed E-state index contributed by atoms with van der Waals surface area (Å²) >= 11 is 0. The van der Waals surface area contributed by atoms with Gasteiger partial charge in [0.25, 0.3) is 0 Å². The van der Waals surface area contributed by atoms with Crippen LogP contribution in [0.2, 0.25) is 0 Å². The monoisotopic (exact) mass is 267 g/mol. The molecule has 3 heteroatoms. The molecular weight excluding hydrogens is 234 g/mol. The minimum Gasteiger partial charge on any atom is -0.315 e. The maximum atomic E-state index is 3.60. The fraction of sp³-hybridized carbons (Fsp3) is 1.00. The number of likely N-dealkylation sites (N-methyl/N-ethyl adjacent to an activating group) is 2. The average molecular weight is 267 g/mol. The van der Waals surface area contributed by atoms with E-state index >= 15 is 0 Å². The standard InChI is InChI=1S/C16H33N3/c1-11-7-12(2)16(14(8-11)17-4)19-9-13(3)15(10-19)18(5)6/h11-17H,7-10H2,1-6H3. The van der Waals surface area contributed by atoms with E-state index in [0.29, 0.717) is 6.04 Å². The third kappa shape index (κ3) is 3.14. The molecule has 0 amide bonds. The lowest BCUT2D eigenvalue weighted by Gasteiger charge is -2.44. The SMILES string of the molecule is CNC1CC(C)CC(C)C1N1CC(C)C(N(C)C)C1. The summed E-state index contributed by atoms with van der Waals surface area (Å²) in [4.78, 5) is 5.18. The highest BCUT2D eigenvalue weighted by molar-refractivity contribution is 4.98. The molecule has 6 atom stereocenters. The maximum Gasteiger partial charge on any atom is 0.0275 e. The van der Waals surface area contributed by atoms with Gasteiger partial charge in [-0.3, -0.25) is 4.90 Å². The van der Waals surface area contributed by atoms with Crippen molar-refractivity contribution in [1.82, 2.24) is 15.1 Å². The van der Waals surface area contributed by atoms with Gasteiger partial charge in [-0.05, 0) is 51.7 Å². The third-order valence-electron chi connectivity index (χ3n) is 5.48. The second-order valence-electron chi connectivity index (χ2n) is 7.40. The Hall–Kier alpha value is -0.120. The molecule has 2 fully saturated rings. The Balaban J connectivity index is 2.07. The van der Waals surface area contributed by atoms with Crippen molar-refractivity contribution in [3.05, 3.63) is 0 Å². The Morgan fingerprint density at radius 3 is 2.21 bits per heavy atom. The zero-order chi connectivity index (χ0) is 14.2. The Morgan fingerprint density at radius 2 is 1.68 bits per heavy atom. The molecule has 6 unspecified atom stereocenters. The van der Waals surface area contributed by atoms with Gasteiger partial charge in [0.2, 0.25) is 0 Å². The molecule has 3 nitrogen and oxygen atoms in total. The van der Waals surface area contributed by atoms with E-state index in [-0.39, 0.29) is 0 Å². The summed E-state index contributed by atoms with van der Waals surface area (Å²) in [6, 6.07) is 2.13. The molecule has 1 saturated heterocycles. The van der Waals surface area contributed by atoms with Crippen LogP contribution in [0.15, 0.2) is 0 Å². The van der Waals surface area contributed by atoms with E-state index in [1.165, 1.54) is 25.9 Å². The average Bonchev–Trinajstić information content (AvgIpc) is 2.69. The lowest BCUT2D eigenvalue weighted by Crippen LogP contribution is -2.55. The summed E-state index contributed by atoms with van der Waals surface area (Å²) in [6.45, 7) is 9.79. The third-order valence-corrected chi connectivity index (χ3v) is 5.48. The van der Waals surface area contributed by atoms with Crippen molar-refractivity contribution in [2.24, 2.45) is 17.8 Å². The molecule has 1 aliphatic heterocycles. The predicted molar refractivity (Wildman–Crippen MR) is 82.4 cm³/mol. The summed E-state index contributed by atoms with van der Waals surface area (Å²) in [7, 11) is 6.60. The first-order valence-electron chi connectivity index (χ1n) is 8.01. The van der Waals surface area contributed by atoms with Crippen LogP contribution in [0.1, 0.15) is 33.6 Å². The molecule has 112 valence electrons. The molecule has 19 heavy (non-hydrogen) atoms. The van der Waals surface area contributed by atoms with Crippen molar-refractivity contribution >= 4 is 0 Å². The lowest BCUT2D eigenvalue weighted by atomic mass is 9.76. The second kappa shape index (κ2) is 6.11. The van der Waals surface area contributed by atoms with E-state index in [9.17, 15) is 0 Å². The normalized spacial score (nSPS) is 45.0. The van der Waals surface area contributed by atoms with Crippen LogP contribution in [0.5, 0.6) is 0 Å². The molecule has 1 aliphatic carbocycles. The van der Waals surface area contributed by atoms with Gasteiger partial charge in [0.1, 0.15) is 0 Å². The smallest absolute Gasteiger partial charge is 0.0275 e. The van der Waals surface area contributed by atoms with Gasteiger partial charge >= 0.3 is 0 Å². The Kier molecular flexibility index (Phi) is 4.91. The van der Waals surface area contributed by atoms with Crippen LogP contribution in [0, 0.1) is 17.8 Å². The second-order valence-corrected chi connectivity index (χ2v) is 7.40. The van der Waals surface area contributed by atoms with Crippen LogP contribution in [0.3, 0.4) is 0 Å². The van der Waals surface area contributed by atoms with Gasteiger partial charge in [-0.25, -0.2) is 0 Å². The molecule has 0 aromatic carbocycles. The molecule has 0 radical (unpaired) electrons. The van der Waals surface area contributed by atoms with Crippen LogP contribution >= 0.6 is 0 Å². The molecule has 0 bridgehead atoms. The first-order valence-corrected chi connectivity index (χ1v) is 8.01. The van der Waals surface area contributed by atoms with Gasteiger partial charge in [0, 0.05) is 31.2 Å². The van der Waals surface area contributed by atoms with Gasteiger partial charge in [0.05, 0.1) is 0 Å². The fourth-order valence-electron chi connectivity index (χ4n) is 4.64. The number of rotatable bonds is 3. The Morgan fingerprint density at radius 1 is 1.00 bits per heavy atom. The quantitative estimate of drug-likeness (QED) is 0.842. The van der Waals surface area contributed by atoms with Crippen LogP contribution < -0.4 is 5.32 Å². The van der Waals surface area contributed by atoms with E-state index in [1.807, 2.05) is 0 Å². The van der Waals surface area contributed by atoms with E-state index in [1.54, 1.807) is 0 Å². The van der Waals surface area contributed by atoms with E-state index in [2.05, 4.69) is 57.0 Å². The van der Waals surface area contributed by atoms with Crippen LogP contribution in [-0.2, 0) is 0 Å². The summed E-state index contributed by atoms with van der Waals surface area (Å²) in [6.07, 6.45) is 2.73. The van der Waals surface area contributed by atoms with Crippen molar-refractivity contribution < 1.29 is 0 Å². The lowest BCUT2D eigenvalue weighted by molar-refractivity contribution is 0.0765. The number of nitrogens with one attached hydrogen (secondary N) is 1. The molecule has 1 N–H and O–H groups in total. The molecule has 1 heterocycles. The molecule has 1 saturated carbocycles. The van der Waals surface area contributed by atoms with Gasteiger partial charge in [-0.1, -0.05) is 20.8 Å². The number of likely N-dealkylation sites (tertiary alicyclic amines) is 1. The first-order chi connectivity index (χ1) is 8.93. The van der Waals surface area contributed by atoms with Crippen molar-refractivity contribution in [2.45, 2.75) is 51.7 Å². The van der Waals surface area contributed by atoms with Crippen molar-refractivity contribution in [3.63, 3.8) is 0 Å². The maximum absolute atomic E-state index is 3.60. The molecule has 0 spiro atoms. The van der Waals surface area contributed by atoms with Gasteiger partial charge in [-0.15, -0.1) is 0 Å². The molecular formula is C16H33N3. The van der Waals surface area contributed by atoms with Crippen LogP contribution in [0.25, 0.3) is 0 Å². The predicted octanol–water partition coefficient (Wildman–Crippen LogP) is 1.89. The number of hydrogen-bond acceptors (Lipinski definition) is 3. The summed E-state index contributed by atoms with van der Waals surface area (Å²) < 4.78 is 0. The van der Waals surface area contributed by atoms with Gasteiger partial charge < -0.3 is 10.2 Å². The zero-order valence-electron chi connectivity index (χ0n) is 13.7. The summed E-state index contributed by atoms with van der Waals surface area (Å²) in [5.41, 5.74) is 0. The molecule has 0 aromatic rings. The topological polar surface area (TPSA) is 18.5 Å². The Bertz CT molecular complexity index is 292. The highest BCUT2D eigenvalue weighted by Gasteiger charge is 2.42. The molecule has 0 aromatic heterocycles. The van der Waals surface area contributed by atoms with Crippen LogP contribution in [0.4, 0.5) is 0 Å². The number of hydrogen-bond donors (Lipinski definition) is 1. The van der Waals surface area contributed by atoms with Crippen molar-refractivity contribution in [3.8, 4) is 0 Å².